The Morgan fingerprint density at radius 3 is 3.00 bits per heavy atom. The highest BCUT2D eigenvalue weighted by atomic mass is 32.2. The van der Waals surface area contributed by atoms with Crippen molar-refractivity contribution in [2.24, 2.45) is 0 Å². The first kappa shape index (κ1) is 10.3. The van der Waals surface area contributed by atoms with Crippen molar-refractivity contribution in [2.75, 3.05) is 5.75 Å². The number of hydrogen-bond acceptors (Lipinski definition) is 3. The molecule has 1 heterocycles. The molecule has 13 heavy (non-hydrogen) atoms. The van der Waals surface area contributed by atoms with E-state index in [9.17, 15) is 4.79 Å². The van der Waals surface area contributed by atoms with Crippen LogP contribution in [0.3, 0.4) is 0 Å². The van der Waals surface area contributed by atoms with Crippen molar-refractivity contribution in [2.45, 2.75) is 25.2 Å². The third kappa shape index (κ3) is 3.19. The Morgan fingerprint density at radius 1 is 1.62 bits per heavy atom. The standard InChI is InChI=1S/C10H13NOS/c1-3-13-10-5-4-6-11-9(10)7-8(2)12/h4-6H,3,7H2,1-2H3. The normalized spacial score (nSPS) is 10.0. The topological polar surface area (TPSA) is 30.0 Å². The van der Waals surface area contributed by atoms with E-state index in [0.29, 0.717) is 6.42 Å². The second-order valence-corrected chi connectivity index (χ2v) is 4.07. The highest BCUT2D eigenvalue weighted by molar-refractivity contribution is 7.99. The number of nitrogens with zero attached hydrogens (tertiary/aromatic N) is 1. The molecule has 0 aliphatic carbocycles. The van der Waals surface area contributed by atoms with Crippen LogP contribution in [0.1, 0.15) is 19.5 Å². The first-order chi connectivity index (χ1) is 6.24. The van der Waals surface area contributed by atoms with Crippen LogP contribution in [0.5, 0.6) is 0 Å². The Hall–Kier alpha value is -0.830. The van der Waals surface area contributed by atoms with Crippen LogP contribution < -0.4 is 0 Å². The number of thioether (sulfide) groups is 1. The summed E-state index contributed by atoms with van der Waals surface area (Å²) in [7, 11) is 0. The molecule has 70 valence electrons. The number of rotatable bonds is 4. The average Bonchev–Trinajstić information content (AvgIpc) is 2.08. The molecule has 0 radical (unpaired) electrons. The number of hydrogen-bond donors (Lipinski definition) is 0. The van der Waals surface area contributed by atoms with Gasteiger partial charge in [0.25, 0.3) is 0 Å². The van der Waals surface area contributed by atoms with E-state index in [2.05, 4.69) is 11.9 Å². The molecule has 1 aromatic heterocycles. The molecule has 0 saturated heterocycles. The highest BCUT2D eigenvalue weighted by Gasteiger charge is 2.04. The van der Waals surface area contributed by atoms with E-state index in [4.69, 9.17) is 0 Å². The minimum Gasteiger partial charge on any atom is -0.300 e. The van der Waals surface area contributed by atoms with Crippen molar-refractivity contribution < 1.29 is 4.79 Å². The highest BCUT2D eigenvalue weighted by Crippen LogP contribution is 2.20. The molecule has 3 heteroatoms. The van der Waals surface area contributed by atoms with Crippen LogP contribution in [-0.2, 0) is 11.2 Å². The van der Waals surface area contributed by atoms with Crippen LogP contribution >= 0.6 is 11.8 Å². The number of ketones is 1. The van der Waals surface area contributed by atoms with Gasteiger partial charge in [-0.25, -0.2) is 0 Å². The molecule has 0 aliphatic rings. The molecule has 1 rings (SSSR count). The lowest BCUT2D eigenvalue weighted by Crippen LogP contribution is -2.00. The molecule has 0 spiro atoms. The maximum atomic E-state index is 10.9. The molecule has 0 aromatic carbocycles. The third-order valence-corrected chi connectivity index (χ3v) is 2.54. The molecule has 1 aromatic rings. The molecule has 0 amide bonds. The fourth-order valence-electron chi connectivity index (χ4n) is 1.08. The van der Waals surface area contributed by atoms with Gasteiger partial charge in [0.2, 0.25) is 0 Å². The van der Waals surface area contributed by atoms with Crippen LogP contribution in [0.15, 0.2) is 23.2 Å². The van der Waals surface area contributed by atoms with Gasteiger partial charge in [-0.2, -0.15) is 0 Å². The average molecular weight is 195 g/mol. The molecule has 2 nitrogen and oxygen atoms in total. The molecule has 0 saturated carbocycles. The van der Waals surface area contributed by atoms with Crippen molar-refractivity contribution in [1.29, 1.82) is 0 Å². The van der Waals surface area contributed by atoms with Crippen LogP contribution in [0.2, 0.25) is 0 Å². The molecule has 0 atom stereocenters. The molecule has 0 fully saturated rings. The molecular weight excluding hydrogens is 182 g/mol. The maximum absolute atomic E-state index is 10.9. The second kappa shape index (κ2) is 5.02. The number of pyridine rings is 1. The van der Waals surface area contributed by atoms with Crippen LogP contribution in [-0.4, -0.2) is 16.5 Å². The van der Waals surface area contributed by atoms with Gasteiger partial charge < -0.3 is 0 Å². The van der Waals surface area contributed by atoms with E-state index in [1.54, 1.807) is 24.9 Å². The molecule has 0 bridgehead atoms. The zero-order valence-corrected chi connectivity index (χ0v) is 8.73. The summed E-state index contributed by atoms with van der Waals surface area (Å²) in [4.78, 5) is 16.2. The van der Waals surface area contributed by atoms with Crippen molar-refractivity contribution in [3.8, 4) is 0 Å². The summed E-state index contributed by atoms with van der Waals surface area (Å²) < 4.78 is 0. The Balaban J connectivity index is 2.84. The number of aromatic nitrogens is 1. The molecule has 0 aliphatic heterocycles. The van der Waals surface area contributed by atoms with Gasteiger partial charge >= 0.3 is 0 Å². The zero-order chi connectivity index (χ0) is 9.68. The lowest BCUT2D eigenvalue weighted by Gasteiger charge is -2.04. The van der Waals surface area contributed by atoms with E-state index < -0.39 is 0 Å². The SMILES string of the molecule is CCSc1cccnc1CC(C)=O. The Labute approximate surface area is 82.8 Å². The summed E-state index contributed by atoms with van der Waals surface area (Å²) in [5.41, 5.74) is 0.904. The lowest BCUT2D eigenvalue weighted by atomic mass is 10.2. The first-order valence-electron chi connectivity index (χ1n) is 4.30. The van der Waals surface area contributed by atoms with Gasteiger partial charge in [-0.3, -0.25) is 9.78 Å². The summed E-state index contributed by atoms with van der Waals surface area (Å²) in [6.45, 7) is 3.68. The van der Waals surface area contributed by atoms with Crippen molar-refractivity contribution in [3.63, 3.8) is 0 Å². The first-order valence-corrected chi connectivity index (χ1v) is 5.28. The lowest BCUT2D eigenvalue weighted by molar-refractivity contribution is -0.116. The van der Waals surface area contributed by atoms with Crippen molar-refractivity contribution in [1.82, 2.24) is 4.98 Å². The maximum Gasteiger partial charge on any atom is 0.135 e. The fraction of sp³-hybridized carbons (Fsp3) is 0.400. The predicted molar refractivity (Wildman–Crippen MR) is 55.0 cm³/mol. The smallest absolute Gasteiger partial charge is 0.135 e. The van der Waals surface area contributed by atoms with Gasteiger partial charge in [0.05, 0.1) is 5.69 Å². The fourth-order valence-corrected chi connectivity index (χ4v) is 1.86. The number of Topliss-reactive ketones (excluding diaryl/α,β-unsaturated/α-hetero) is 1. The molecule has 0 N–H and O–H groups in total. The van der Waals surface area contributed by atoms with Crippen LogP contribution in [0.25, 0.3) is 0 Å². The summed E-state index contributed by atoms with van der Waals surface area (Å²) in [5, 5.41) is 0. The number of carbonyl (C=O) groups is 1. The predicted octanol–water partition coefficient (Wildman–Crippen LogP) is 2.33. The minimum absolute atomic E-state index is 0.164. The largest absolute Gasteiger partial charge is 0.300 e. The Bertz CT molecular complexity index is 299. The van der Waals surface area contributed by atoms with Gasteiger partial charge in [0, 0.05) is 17.5 Å². The zero-order valence-electron chi connectivity index (χ0n) is 7.91. The summed E-state index contributed by atoms with van der Waals surface area (Å²) >= 11 is 1.73. The van der Waals surface area contributed by atoms with Crippen LogP contribution in [0, 0.1) is 0 Å². The molecule has 0 unspecified atom stereocenters. The summed E-state index contributed by atoms with van der Waals surface area (Å²) in [6, 6.07) is 3.92. The Kier molecular flexibility index (Phi) is 3.96. The number of carbonyl (C=O) groups excluding carboxylic acids is 1. The Morgan fingerprint density at radius 2 is 2.38 bits per heavy atom. The van der Waals surface area contributed by atoms with Gasteiger partial charge in [-0.15, -0.1) is 11.8 Å². The quantitative estimate of drug-likeness (QED) is 0.691. The molecular formula is C10H13NOS. The van der Waals surface area contributed by atoms with Gasteiger partial charge in [-0.05, 0) is 24.8 Å². The third-order valence-electron chi connectivity index (χ3n) is 1.56. The van der Waals surface area contributed by atoms with Crippen molar-refractivity contribution in [3.05, 3.63) is 24.0 Å². The van der Waals surface area contributed by atoms with E-state index in [0.717, 1.165) is 16.3 Å². The van der Waals surface area contributed by atoms with E-state index in [1.165, 1.54) is 0 Å². The second-order valence-electron chi connectivity index (χ2n) is 2.76. The van der Waals surface area contributed by atoms with Gasteiger partial charge in [0.15, 0.2) is 0 Å². The van der Waals surface area contributed by atoms with Crippen molar-refractivity contribution >= 4 is 17.5 Å². The van der Waals surface area contributed by atoms with E-state index in [1.807, 2.05) is 12.1 Å². The van der Waals surface area contributed by atoms with Crippen LogP contribution in [0.4, 0.5) is 0 Å². The summed E-state index contributed by atoms with van der Waals surface area (Å²) in [6.07, 6.45) is 2.18. The van der Waals surface area contributed by atoms with Gasteiger partial charge in [-0.1, -0.05) is 6.92 Å². The van der Waals surface area contributed by atoms with E-state index >= 15 is 0 Å². The summed E-state index contributed by atoms with van der Waals surface area (Å²) in [5.74, 6) is 1.17. The monoisotopic (exact) mass is 195 g/mol. The van der Waals surface area contributed by atoms with Gasteiger partial charge in [0.1, 0.15) is 5.78 Å². The minimum atomic E-state index is 0.164. The van der Waals surface area contributed by atoms with E-state index in [-0.39, 0.29) is 5.78 Å².